The number of carbonyl (C=O) groups excluding carboxylic acids is 4. The zero-order valence-corrected chi connectivity index (χ0v) is 19.5. The fraction of sp³-hybridized carbons (Fsp3) is 0.435. The van der Waals surface area contributed by atoms with Crippen molar-refractivity contribution in [3.8, 4) is 17.1 Å². The van der Waals surface area contributed by atoms with Crippen molar-refractivity contribution in [2.75, 3.05) is 32.1 Å². The number of anilines is 1. The van der Waals surface area contributed by atoms with Crippen LogP contribution in [0, 0.1) is 0 Å². The molecule has 0 atom stereocenters. The van der Waals surface area contributed by atoms with Crippen LogP contribution >= 0.6 is 0 Å². The molecular formula is C23H29N5O6. The van der Waals surface area contributed by atoms with Gasteiger partial charge in [-0.15, -0.1) is 0 Å². The van der Waals surface area contributed by atoms with Gasteiger partial charge in [0.2, 0.25) is 11.8 Å². The van der Waals surface area contributed by atoms with Crippen molar-refractivity contribution in [2.24, 2.45) is 0 Å². The Morgan fingerprint density at radius 1 is 1.24 bits per heavy atom. The van der Waals surface area contributed by atoms with Gasteiger partial charge in [0.05, 0.1) is 18.9 Å². The van der Waals surface area contributed by atoms with Gasteiger partial charge in [-0.25, -0.2) is 4.98 Å². The second kappa shape index (κ2) is 10.8. The number of amides is 4. The first kappa shape index (κ1) is 24.7. The van der Waals surface area contributed by atoms with Gasteiger partial charge in [0.15, 0.2) is 12.2 Å². The summed E-state index contributed by atoms with van der Waals surface area (Å²) in [6.45, 7) is 4.69. The van der Waals surface area contributed by atoms with Crippen molar-refractivity contribution in [2.45, 2.75) is 38.6 Å². The van der Waals surface area contributed by atoms with Gasteiger partial charge in [-0.1, -0.05) is 0 Å². The number of nitrogens with zero attached hydrogens (tertiary/aromatic N) is 2. The Kier molecular flexibility index (Phi) is 7.87. The van der Waals surface area contributed by atoms with Crippen LogP contribution in [-0.4, -0.2) is 65.8 Å². The summed E-state index contributed by atoms with van der Waals surface area (Å²) in [4.78, 5) is 54.6. The fourth-order valence-corrected chi connectivity index (χ4v) is 3.54. The molecule has 1 aromatic carbocycles. The minimum Gasteiger partial charge on any atom is -0.496 e. The van der Waals surface area contributed by atoms with Gasteiger partial charge in [0.25, 0.3) is 0 Å². The molecular weight excluding hydrogens is 442 g/mol. The summed E-state index contributed by atoms with van der Waals surface area (Å²) in [6.07, 6.45) is 4.87. The predicted molar refractivity (Wildman–Crippen MR) is 123 cm³/mol. The SMILES string of the molecule is COc1cc(NC(=O)C(=O)NC(C)(C)C(=O)NCCCN2CCCC2=O)ccc1-c1cnco1. The summed E-state index contributed by atoms with van der Waals surface area (Å²) in [5.41, 5.74) is -0.348. The lowest BCUT2D eigenvalue weighted by Crippen LogP contribution is -2.57. The summed E-state index contributed by atoms with van der Waals surface area (Å²) in [5.74, 6) is -1.27. The number of likely N-dealkylation sites (tertiary alicyclic amines) is 1. The maximum absolute atomic E-state index is 12.5. The Morgan fingerprint density at radius 3 is 2.68 bits per heavy atom. The zero-order valence-electron chi connectivity index (χ0n) is 19.5. The number of nitrogens with one attached hydrogen (secondary N) is 3. The van der Waals surface area contributed by atoms with E-state index < -0.39 is 23.3 Å². The monoisotopic (exact) mass is 471 g/mol. The maximum Gasteiger partial charge on any atom is 0.313 e. The lowest BCUT2D eigenvalue weighted by atomic mass is 10.0. The summed E-state index contributed by atoms with van der Waals surface area (Å²) in [7, 11) is 1.47. The first-order valence-corrected chi connectivity index (χ1v) is 11.0. The van der Waals surface area contributed by atoms with E-state index in [0.29, 0.717) is 48.7 Å². The van der Waals surface area contributed by atoms with Crippen LogP contribution in [0.15, 0.2) is 35.2 Å². The highest BCUT2D eigenvalue weighted by Gasteiger charge is 2.31. The van der Waals surface area contributed by atoms with E-state index in [-0.39, 0.29) is 5.91 Å². The smallest absolute Gasteiger partial charge is 0.313 e. The van der Waals surface area contributed by atoms with Crippen LogP contribution in [0.3, 0.4) is 0 Å². The van der Waals surface area contributed by atoms with E-state index in [9.17, 15) is 19.2 Å². The van der Waals surface area contributed by atoms with E-state index in [4.69, 9.17) is 9.15 Å². The van der Waals surface area contributed by atoms with Gasteiger partial charge in [0, 0.05) is 37.8 Å². The topological polar surface area (TPSA) is 143 Å². The first-order chi connectivity index (χ1) is 16.2. The third-order valence-corrected chi connectivity index (χ3v) is 5.42. The Balaban J connectivity index is 1.50. The number of carbonyl (C=O) groups is 4. The van der Waals surface area contributed by atoms with Gasteiger partial charge in [-0.3, -0.25) is 19.2 Å². The molecule has 1 aromatic heterocycles. The quantitative estimate of drug-likeness (QED) is 0.370. The van der Waals surface area contributed by atoms with E-state index in [1.54, 1.807) is 23.1 Å². The lowest BCUT2D eigenvalue weighted by molar-refractivity contribution is -0.139. The number of aromatic nitrogens is 1. The summed E-state index contributed by atoms with van der Waals surface area (Å²) in [6, 6.07) is 4.81. The fourth-order valence-electron chi connectivity index (χ4n) is 3.54. The minimum atomic E-state index is -1.31. The predicted octanol–water partition coefficient (Wildman–Crippen LogP) is 1.31. The molecule has 0 bridgehead atoms. The summed E-state index contributed by atoms with van der Waals surface area (Å²) >= 11 is 0. The minimum absolute atomic E-state index is 0.134. The highest BCUT2D eigenvalue weighted by Crippen LogP contribution is 2.32. The van der Waals surface area contributed by atoms with Crippen LogP contribution in [0.2, 0.25) is 0 Å². The molecule has 0 unspecified atom stereocenters. The van der Waals surface area contributed by atoms with Crippen LogP contribution in [0.25, 0.3) is 11.3 Å². The van der Waals surface area contributed by atoms with E-state index in [1.165, 1.54) is 33.5 Å². The van der Waals surface area contributed by atoms with Crippen molar-refractivity contribution in [3.63, 3.8) is 0 Å². The van der Waals surface area contributed by atoms with Gasteiger partial charge < -0.3 is 30.0 Å². The van der Waals surface area contributed by atoms with Crippen molar-refractivity contribution in [1.29, 1.82) is 0 Å². The molecule has 182 valence electrons. The molecule has 1 aliphatic heterocycles. The van der Waals surface area contributed by atoms with Crippen LogP contribution in [0.4, 0.5) is 5.69 Å². The number of methoxy groups -OCH3 is 1. The number of hydrogen-bond donors (Lipinski definition) is 3. The molecule has 2 heterocycles. The molecule has 3 rings (SSSR count). The average molecular weight is 472 g/mol. The molecule has 0 aliphatic carbocycles. The Hall–Kier alpha value is -3.89. The molecule has 1 fully saturated rings. The second-order valence-corrected chi connectivity index (χ2v) is 8.41. The van der Waals surface area contributed by atoms with Crippen molar-refractivity contribution < 1.29 is 28.3 Å². The van der Waals surface area contributed by atoms with Crippen molar-refractivity contribution in [3.05, 3.63) is 30.8 Å². The number of ether oxygens (including phenoxy) is 1. The molecule has 0 radical (unpaired) electrons. The largest absolute Gasteiger partial charge is 0.496 e. The molecule has 1 saturated heterocycles. The number of oxazole rings is 1. The van der Waals surface area contributed by atoms with E-state index in [1.807, 2.05) is 0 Å². The normalized spacial score (nSPS) is 13.5. The summed E-state index contributed by atoms with van der Waals surface area (Å²) < 4.78 is 10.6. The molecule has 3 N–H and O–H groups in total. The van der Waals surface area contributed by atoms with Crippen LogP contribution in [0.5, 0.6) is 5.75 Å². The zero-order chi connectivity index (χ0) is 24.7. The Morgan fingerprint density at radius 2 is 2.03 bits per heavy atom. The number of hydrogen-bond acceptors (Lipinski definition) is 7. The average Bonchev–Trinajstić information content (AvgIpc) is 3.48. The van der Waals surface area contributed by atoms with Crippen LogP contribution in [-0.2, 0) is 19.2 Å². The van der Waals surface area contributed by atoms with Crippen molar-refractivity contribution >= 4 is 29.3 Å². The second-order valence-electron chi connectivity index (χ2n) is 8.41. The van der Waals surface area contributed by atoms with Gasteiger partial charge in [-0.2, -0.15) is 0 Å². The molecule has 4 amide bonds. The maximum atomic E-state index is 12.5. The van der Waals surface area contributed by atoms with E-state index in [2.05, 4.69) is 20.9 Å². The molecule has 11 heteroatoms. The molecule has 11 nitrogen and oxygen atoms in total. The van der Waals surface area contributed by atoms with Gasteiger partial charge >= 0.3 is 11.8 Å². The Bertz CT molecular complexity index is 1050. The van der Waals surface area contributed by atoms with Gasteiger partial charge in [-0.05, 0) is 38.8 Å². The first-order valence-electron chi connectivity index (χ1n) is 11.0. The molecule has 2 aromatic rings. The van der Waals surface area contributed by atoms with Crippen molar-refractivity contribution in [1.82, 2.24) is 20.5 Å². The van der Waals surface area contributed by atoms with E-state index >= 15 is 0 Å². The van der Waals surface area contributed by atoms with Crippen LogP contribution < -0.4 is 20.7 Å². The number of benzene rings is 1. The standard InChI is InChI=1S/C23H29N5O6/c1-23(2,22(32)25-9-5-11-28-10-4-6-19(28)29)27-21(31)20(30)26-15-7-8-16(17(12-15)33-3)18-13-24-14-34-18/h7-8,12-14H,4-6,9-11H2,1-3H3,(H,25,32)(H,26,30)(H,27,31). The third kappa shape index (κ3) is 6.12. The lowest BCUT2D eigenvalue weighted by Gasteiger charge is -2.25. The van der Waals surface area contributed by atoms with Gasteiger partial charge in [0.1, 0.15) is 11.3 Å². The highest BCUT2D eigenvalue weighted by molar-refractivity contribution is 6.40. The highest BCUT2D eigenvalue weighted by atomic mass is 16.5. The molecule has 1 aliphatic rings. The summed E-state index contributed by atoms with van der Waals surface area (Å²) in [5, 5.41) is 7.67. The van der Waals surface area contributed by atoms with E-state index in [0.717, 1.165) is 13.0 Å². The Labute approximate surface area is 197 Å². The third-order valence-electron chi connectivity index (χ3n) is 5.42. The molecule has 34 heavy (non-hydrogen) atoms. The number of rotatable bonds is 9. The molecule has 0 spiro atoms. The van der Waals surface area contributed by atoms with Crippen LogP contribution in [0.1, 0.15) is 33.1 Å². The molecule has 0 saturated carbocycles.